The number of aliphatic hydroxyl groups is 1. The van der Waals surface area contributed by atoms with Crippen molar-refractivity contribution in [1.82, 2.24) is 9.88 Å². The molecule has 2 aliphatic rings. The van der Waals surface area contributed by atoms with Gasteiger partial charge in [0.1, 0.15) is 5.82 Å². The topological polar surface area (TPSA) is 39.6 Å². The molecule has 4 heteroatoms. The van der Waals surface area contributed by atoms with Crippen LogP contribution in [0, 0.1) is 13.8 Å². The summed E-state index contributed by atoms with van der Waals surface area (Å²) in [5.74, 6) is 0.996. The molecule has 1 saturated heterocycles. The SMILES string of the molecule is Cc1cc(C)c(CO)c(N2CCN(C3CC3)CC2)n1. The lowest BCUT2D eigenvalue weighted by Crippen LogP contribution is -2.47. The molecule has 0 bridgehead atoms. The van der Waals surface area contributed by atoms with Crippen LogP contribution in [0.25, 0.3) is 0 Å². The number of aliphatic hydroxyl groups excluding tert-OH is 1. The van der Waals surface area contributed by atoms with Crippen LogP contribution in [0.3, 0.4) is 0 Å². The average molecular weight is 261 g/mol. The second-order valence-corrected chi connectivity index (χ2v) is 5.79. The zero-order valence-corrected chi connectivity index (χ0v) is 11.9. The number of nitrogens with zero attached hydrogens (tertiary/aromatic N) is 3. The van der Waals surface area contributed by atoms with Gasteiger partial charge >= 0.3 is 0 Å². The van der Waals surface area contributed by atoms with Gasteiger partial charge in [0.15, 0.2) is 0 Å². The van der Waals surface area contributed by atoms with Crippen LogP contribution in [0.2, 0.25) is 0 Å². The van der Waals surface area contributed by atoms with E-state index in [0.29, 0.717) is 0 Å². The minimum Gasteiger partial charge on any atom is -0.392 e. The van der Waals surface area contributed by atoms with E-state index < -0.39 is 0 Å². The molecule has 1 aromatic heterocycles. The lowest BCUT2D eigenvalue weighted by molar-refractivity contribution is 0.246. The van der Waals surface area contributed by atoms with Crippen molar-refractivity contribution in [2.75, 3.05) is 31.1 Å². The molecule has 19 heavy (non-hydrogen) atoms. The Morgan fingerprint density at radius 3 is 2.47 bits per heavy atom. The molecule has 0 unspecified atom stereocenters. The minimum atomic E-state index is 0.0806. The summed E-state index contributed by atoms with van der Waals surface area (Å²) < 4.78 is 0. The first-order valence-electron chi connectivity index (χ1n) is 7.26. The maximum absolute atomic E-state index is 9.59. The molecule has 0 radical (unpaired) electrons. The molecule has 3 rings (SSSR count). The number of pyridine rings is 1. The zero-order valence-electron chi connectivity index (χ0n) is 11.9. The lowest BCUT2D eigenvalue weighted by Gasteiger charge is -2.36. The fourth-order valence-corrected chi connectivity index (χ4v) is 3.04. The van der Waals surface area contributed by atoms with Crippen molar-refractivity contribution < 1.29 is 5.11 Å². The van der Waals surface area contributed by atoms with Crippen LogP contribution in [0.15, 0.2) is 6.07 Å². The van der Waals surface area contributed by atoms with E-state index in [0.717, 1.165) is 54.9 Å². The normalized spacial score (nSPS) is 20.9. The molecule has 0 amide bonds. The van der Waals surface area contributed by atoms with Gasteiger partial charge in [0.25, 0.3) is 0 Å². The molecule has 4 nitrogen and oxygen atoms in total. The van der Waals surface area contributed by atoms with Crippen LogP contribution in [0.5, 0.6) is 0 Å². The van der Waals surface area contributed by atoms with Crippen LogP contribution in [-0.2, 0) is 6.61 Å². The molecule has 1 aliphatic heterocycles. The Bertz CT molecular complexity index is 463. The van der Waals surface area contributed by atoms with Gasteiger partial charge < -0.3 is 10.0 Å². The van der Waals surface area contributed by atoms with Crippen LogP contribution in [0.1, 0.15) is 29.7 Å². The monoisotopic (exact) mass is 261 g/mol. The van der Waals surface area contributed by atoms with Gasteiger partial charge in [-0.1, -0.05) is 0 Å². The van der Waals surface area contributed by atoms with Crippen molar-refractivity contribution in [3.05, 3.63) is 22.9 Å². The number of hydrogen-bond donors (Lipinski definition) is 1. The number of piperazine rings is 1. The average Bonchev–Trinajstić information content (AvgIpc) is 3.22. The third kappa shape index (κ3) is 2.60. The van der Waals surface area contributed by atoms with Gasteiger partial charge in [0.2, 0.25) is 0 Å². The van der Waals surface area contributed by atoms with Crippen LogP contribution >= 0.6 is 0 Å². The molecule has 1 aliphatic carbocycles. The van der Waals surface area contributed by atoms with Gasteiger partial charge in [-0.2, -0.15) is 0 Å². The summed E-state index contributed by atoms with van der Waals surface area (Å²) in [4.78, 5) is 9.59. The van der Waals surface area contributed by atoms with Gasteiger partial charge in [-0.15, -0.1) is 0 Å². The van der Waals surface area contributed by atoms with Crippen molar-refractivity contribution in [1.29, 1.82) is 0 Å². The molecule has 0 atom stereocenters. The second-order valence-electron chi connectivity index (χ2n) is 5.79. The van der Waals surface area contributed by atoms with Crippen molar-refractivity contribution in [3.63, 3.8) is 0 Å². The summed E-state index contributed by atoms with van der Waals surface area (Å²) in [6.07, 6.45) is 2.76. The summed E-state index contributed by atoms with van der Waals surface area (Å²) >= 11 is 0. The van der Waals surface area contributed by atoms with E-state index in [4.69, 9.17) is 0 Å². The molecule has 0 spiro atoms. The van der Waals surface area contributed by atoms with Gasteiger partial charge in [0, 0.05) is 43.5 Å². The third-order valence-electron chi connectivity index (χ3n) is 4.29. The van der Waals surface area contributed by atoms with Crippen LogP contribution in [-0.4, -0.2) is 47.2 Å². The van der Waals surface area contributed by atoms with E-state index in [-0.39, 0.29) is 6.61 Å². The van der Waals surface area contributed by atoms with Gasteiger partial charge in [-0.25, -0.2) is 4.98 Å². The summed E-state index contributed by atoms with van der Waals surface area (Å²) in [6.45, 7) is 8.48. The van der Waals surface area contributed by atoms with Gasteiger partial charge in [0.05, 0.1) is 6.61 Å². The highest BCUT2D eigenvalue weighted by molar-refractivity contribution is 5.51. The first-order chi connectivity index (χ1) is 9.19. The predicted octanol–water partition coefficient (Wildman–Crippen LogP) is 1.48. The first-order valence-corrected chi connectivity index (χ1v) is 7.26. The van der Waals surface area contributed by atoms with E-state index >= 15 is 0 Å². The number of aryl methyl sites for hydroxylation is 2. The molecular formula is C15H23N3O. The first kappa shape index (κ1) is 12.9. The van der Waals surface area contributed by atoms with Crippen molar-refractivity contribution in [2.45, 2.75) is 39.3 Å². The second kappa shape index (κ2) is 5.10. The van der Waals surface area contributed by atoms with Crippen molar-refractivity contribution in [2.24, 2.45) is 0 Å². The van der Waals surface area contributed by atoms with E-state index in [1.807, 2.05) is 6.92 Å². The molecule has 104 valence electrons. The Kier molecular flexibility index (Phi) is 3.46. The van der Waals surface area contributed by atoms with E-state index in [9.17, 15) is 5.11 Å². The summed E-state index contributed by atoms with van der Waals surface area (Å²) in [5, 5.41) is 9.59. The highest BCUT2D eigenvalue weighted by atomic mass is 16.3. The predicted molar refractivity (Wildman–Crippen MR) is 76.4 cm³/mol. The maximum atomic E-state index is 9.59. The summed E-state index contributed by atoms with van der Waals surface area (Å²) in [7, 11) is 0. The fraction of sp³-hybridized carbons (Fsp3) is 0.667. The Balaban J connectivity index is 1.78. The molecule has 1 N–H and O–H groups in total. The fourth-order valence-electron chi connectivity index (χ4n) is 3.04. The smallest absolute Gasteiger partial charge is 0.134 e. The number of hydrogen-bond acceptors (Lipinski definition) is 4. The van der Waals surface area contributed by atoms with Crippen LogP contribution in [0.4, 0.5) is 5.82 Å². The molecule has 1 saturated carbocycles. The van der Waals surface area contributed by atoms with Crippen LogP contribution < -0.4 is 4.90 Å². The standard InChI is InChI=1S/C15H23N3O/c1-11-9-12(2)16-15(14(11)10-19)18-7-5-17(6-8-18)13-3-4-13/h9,13,19H,3-8,10H2,1-2H3. The Morgan fingerprint density at radius 2 is 1.89 bits per heavy atom. The zero-order chi connectivity index (χ0) is 13.4. The van der Waals surface area contributed by atoms with Crippen molar-refractivity contribution >= 4 is 5.82 Å². The number of rotatable bonds is 3. The molecule has 2 heterocycles. The maximum Gasteiger partial charge on any atom is 0.134 e. The highest BCUT2D eigenvalue weighted by Gasteiger charge is 2.31. The van der Waals surface area contributed by atoms with Gasteiger partial charge in [-0.05, 0) is 38.3 Å². The minimum absolute atomic E-state index is 0.0806. The van der Waals surface area contributed by atoms with Crippen molar-refractivity contribution in [3.8, 4) is 0 Å². The largest absolute Gasteiger partial charge is 0.392 e. The van der Waals surface area contributed by atoms with E-state index in [1.54, 1.807) is 0 Å². The Morgan fingerprint density at radius 1 is 1.21 bits per heavy atom. The van der Waals surface area contributed by atoms with E-state index in [2.05, 4.69) is 27.8 Å². The Labute approximate surface area is 115 Å². The third-order valence-corrected chi connectivity index (χ3v) is 4.29. The van der Waals surface area contributed by atoms with Gasteiger partial charge in [-0.3, -0.25) is 4.90 Å². The highest BCUT2D eigenvalue weighted by Crippen LogP contribution is 2.29. The molecule has 0 aromatic carbocycles. The molecular weight excluding hydrogens is 238 g/mol. The molecule has 1 aromatic rings. The quantitative estimate of drug-likeness (QED) is 0.894. The Hall–Kier alpha value is -1.13. The van der Waals surface area contributed by atoms with E-state index in [1.165, 1.54) is 12.8 Å². The molecule has 2 fully saturated rings. The summed E-state index contributed by atoms with van der Waals surface area (Å²) in [5.41, 5.74) is 3.18. The summed E-state index contributed by atoms with van der Waals surface area (Å²) in [6, 6.07) is 2.90. The lowest BCUT2D eigenvalue weighted by atomic mass is 10.1. The number of aromatic nitrogens is 1. The number of anilines is 1.